The number of hydrogen-bond acceptors (Lipinski definition) is 6. The highest BCUT2D eigenvalue weighted by Gasteiger charge is 2.69. The molecular weight excluding hydrogens is 937 g/mol. The third-order valence-electron chi connectivity index (χ3n) is 12.7. The Morgan fingerprint density at radius 2 is 0.710 bits per heavy atom. The van der Waals surface area contributed by atoms with E-state index >= 15 is 0 Å². The van der Waals surface area contributed by atoms with Crippen LogP contribution in [0.25, 0.3) is 5.57 Å². The molecule has 6 nitrogen and oxygen atoms in total. The molecule has 0 bridgehead atoms. The van der Waals surface area contributed by atoms with Crippen molar-refractivity contribution < 1.29 is 83.3 Å². The molecular formula is C51H52F12O6. The summed E-state index contributed by atoms with van der Waals surface area (Å²) in [5.41, 5.74) is -12.6. The number of aromatic hydroxyl groups is 3. The maximum atomic E-state index is 13.4. The predicted octanol–water partition coefficient (Wildman–Crippen LogP) is 13.2. The molecule has 2 atom stereocenters. The van der Waals surface area contributed by atoms with Crippen LogP contribution in [0.5, 0.6) is 17.2 Å². The lowest BCUT2D eigenvalue weighted by atomic mass is 9.74. The largest absolute Gasteiger partial charge is 0.508 e. The molecule has 5 aromatic carbocycles. The molecule has 0 saturated heterocycles. The van der Waals surface area contributed by atoms with E-state index in [1.165, 1.54) is 42.2 Å². The maximum Gasteiger partial charge on any atom is 0.430 e. The Balaban J connectivity index is 0.000000337. The first-order valence-corrected chi connectivity index (χ1v) is 20.9. The maximum absolute atomic E-state index is 13.4. The van der Waals surface area contributed by atoms with Crippen LogP contribution in [0, 0.1) is 0 Å². The summed E-state index contributed by atoms with van der Waals surface area (Å²) in [5.74, 6) is -0.336. The minimum Gasteiger partial charge on any atom is -0.508 e. The summed E-state index contributed by atoms with van der Waals surface area (Å²) in [6.07, 6.45) is -26.3. The first kappa shape index (κ1) is 55.9. The van der Waals surface area contributed by atoms with Gasteiger partial charge in [-0.1, -0.05) is 120 Å². The molecule has 0 aliphatic rings. The zero-order chi connectivity index (χ0) is 52.8. The Morgan fingerprint density at radius 1 is 0.406 bits per heavy atom. The van der Waals surface area contributed by atoms with Crippen molar-refractivity contribution in [3.05, 3.63) is 166 Å². The van der Waals surface area contributed by atoms with Crippen LogP contribution in [0.3, 0.4) is 0 Å². The molecule has 18 heteroatoms. The molecule has 376 valence electrons. The van der Waals surface area contributed by atoms with Crippen LogP contribution in [-0.4, -0.2) is 66.5 Å². The van der Waals surface area contributed by atoms with E-state index in [9.17, 15) is 83.3 Å². The van der Waals surface area contributed by atoms with E-state index in [2.05, 4.69) is 52.0 Å². The second-order valence-corrected chi connectivity index (χ2v) is 18.8. The second-order valence-electron chi connectivity index (χ2n) is 18.8. The van der Waals surface area contributed by atoms with Gasteiger partial charge in [0.25, 0.3) is 5.60 Å². The number of rotatable bonds is 11. The zero-order valence-electron chi connectivity index (χ0n) is 38.5. The number of benzene rings is 5. The highest BCUT2D eigenvalue weighted by atomic mass is 19.4. The van der Waals surface area contributed by atoms with Gasteiger partial charge in [0, 0.05) is 28.2 Å². The van der Waals surface area contributed by atoms with Crippen molar-refractivity contribution in [1.29, 1.82) is 0 Å². The highest BCUT2D eigenvalue weighted by molar-refractivity contribution is 5.68. The minimum atomic E-state index is -6.43. The number of alkyl halides is 12. The van der Waals surface area contributed by atoms with Crippen molar-refractivity contribution in [2.24, 2.45) is 0 Å². The quantitative estimate of drug-likeness (QED) is 0.0733. The molecule has 6 N–H and O–H groups in total. The van der Waals surface area contributed by atoms with Gasteiger partial charge in [0.1, 0.15) is 17.2 Å². The zero-order valence-corrected chi connectivity index (χ0v) is 38.5. The Kier molecular flexibility index (Phi) is 15.3. The lowest BCUT2D eigenvalue weighted by molar-refractivity contribution is -0.347. The van der Waals surface area contributed by atoms with Gasteiger partial charge in [-0.15, -0.1) is 0 Å². The van der Waals surface area contributed by atoms with Gasteiger partial charge in [0.2, 0.25) is 0 Å². The number of phenolic OH excluding ortho intramolecular Hbond substituents is 3. The van der Waals surface area contributed by atoms with Crippen LogP contribution in [0.1, 0.15) is 106 Å². The predicted molar refractivity (Wildman–Crippen MR) is 236 cm³/mol. The van der Waals surface area contributed by atoms with E-state index in [1.807, 2.05) is 24.3 Å². The van der Waals surface area contributed by atoms with Crippen LogP contribution in [-0.2, 0) is 21.8 Å². The topological polar surface area (TPSA) is 121 Å². The van der Waals surface area contributed by atoms with Gasteiger partial charge in [-0.2, -0.15) is 52.7 Å². The van der Waals surface area contributed by atoms with Gasteiger partial charge in [0.05, 0.1) is 0 Å². The molecule has 5 rings (SSSR count). The Hall–Kier alpha value is -5.72. The third kappa shape index (κ3) is 11.7. The van der Waals surface area contributed by atoms with Crippen molar-refractivity contribution in [1.82, 2.24) is 0 Å². The van der Waals surface area contributed by atoms with E-state index < -0.39 is 81.9 Å². The molecule has 5 aromatic rings. The van der Waals surface area contributed by atoms with Gasteiger partial charge in [-0.25, -0.2) is 0 Å². The number of aliphatic hydroxyl groups is 3. The summed E-state index contributed by atoms with van der Waals surface area (Å²) < 4.78 is 160. The number of halogens is 12. The lowest BCUT2D eigenvalue weighted by Crippen LogP contribution is -2.55. The molecule has 0 saturated carbocycles. The summed E-state index contributed by atoms with van der Waals surface area (Å²) in [6, 6.07) is 30.1. The van der Waals surface area contributed by atoms with Gasteiger partial charge in [0.15, 0.2) is 11.2 Å². The molecule has 0 spiro atoms. The molecule has 2 unspecified atom stereocenters. The summed E-state index contributed by atoms with van der Waals surface area (Å²) in [7, 11) is 0. The SMILES string of the molecule is CC(C)(c1ccc(/C(=C/C(O)(C(F)(F)F)C(F)(F)F)CC(C)(O)C(F)(F)F)cc1)c1ccc(O)c(C(C)(O)C(F)(F)F)c1.CC(C)(c1ccc(O)cc1)c1ccc(C(C)(C)c2ccc(O)cc2)cc1. The van der Waals surface area contributed by atoms with Gasteiger partial charge < -0.3 is 30.6 Å². The lowest BCUT2D eigenvalue weighted by Gasteiger charge is -2.33. The van der Waals surface area contributed by atoms with Crippen LogP contribution in [0.2, 0.25) is 0 Å². The Bertz CT molecular complexity index is 2480. The monoisotopic (exact) mass is 988 g/mol. The van der Waals surface area contributed by atoms with E-state index in [0.29, 0.717) is 6.92 Å². The van der Waals surface area contributed by atoms with E-state index in [-0.39, 0.29) is 40.4 Å². The highest BCUT2D eigenvalue weighted by Crippen LogP contribution is 2.48. The van der Waals surface area contributed by atoms with Crippen molar-refractivity contribution >= 4 is 5.57 Å². The van der Waals surface area contributed by atoms with Crippen LogP contribution < -0.4 is 0 Å². The fraction of sp³-hybridized carbons (Fsp3) is 0.373. The molecule has 0 amide bonds. The average molecular weight is 989 g/mol. The third-order valence-corrected chi connectivity index (χ3v) is 12.7. The van der Waals surface area contributed by atoms with E-state index in [4.69, 9.17) is 0 Å². The molecule has 0 aliphatic carbocycles. The van der Waals surface area contributed by atoms with Crippen LogP contribution in [0.4, 0.5) is 52.7 Å². The fourth-order valence-electron chi connectivity index (χ4n) is 7.41. The number of phenols is 3. The summed E-state index contributed by atoms with van der Waals surface area (Å²) in [4.78, 5) is 0. The van der Waals surface area contributed by atoms with Crippen LogP contribution >= 0.6 is 0 Å². The fourth-order valence-corrected chi connectivity index (χ4v) is 7.41. The average Bonchev–Trinajstić information content (AvgIpc) is 3.22. The molecule has 0 radical (unpaired) electrons. The normalized spacial score (nSPS) is 15.4. The molecule has 0 fully saturated rings. The van der Waals surface area contributed by atoms with E-state index in [1.54, 1.807) is 24.3 Å². The first-order chi connectivity index (χ1) is 31.1. The van der Waals surface area contributed by atoms with Crippen LogP contribution in [0.15, 0.2) is 121 Å². The molecule has 0 aromatic heterocycles. The van der Waals surface area contributed by atoms with Gasteiger partial charge >= 0.3 is 24.7 Å². The first-order valence-electron chi connectivity index (χ1n) is 20.9. The van der Waals surface area contributed by atoms with Crippen molar-refractivity contribution in [2.75, 3.05) is 0 Å². The number of hydrogen-bond donors (Lipinski definition) is 6. The Labute approximate surface area is 390 Å². The van der Waals surface area contributed by atoms with E-state index in [0.717, 1.165) is 36.4 Å². The minimum absolute atomic E-state index is 0.0388. The summed E-state index contributed by atoms with van der Waals surface area (Å²) in [5, 5.41) is 58.5. The summed E-state index contributed by atoms with van der Waals surface area (Å²) >= 11 is 0. The van der Waals surface area contributed by atoms with Gasteiger partial charge in [-0.3, -0.25) is 0 Å². The summed E-state index contributed by atoms with van der Waals surface area (Å²) in [6.45, 7) is 12.1. The molecule has 69 heavy (non-hydrogen) atoms. The smallest absolute Gasteiger partial charge is 0.430 e. The van der Waals surface area contributed by atoms with Crippen molar-refractivity contribution in [3.8, 4) is 17.2 Å². The van der Waals surface area contributed by atoms with Crippen molar-refractivity contribution in [2.45, 2.75) is 120 Å². The second kappa shape index (κ2) is 18.9. The van der Waals surface area contributed by atoms with Gasteiger partial charge in [-0.05, 0) is 101 Å². The molecule has 0 heterocycles. The Morgan fingerprint density at radius 3 is 1.03 bits per heavy atom. The molecule has 0 aliphatic heterocycles. The van der Waals surface area contributed by atoms with Crippen molar-refractivity contribution in [3.63, 3.8) is 0 Å². The standard InChI is InChI=1S/C27H26F12O4.C24H26O2/c1-20(2,17-9-10-19(40)18(11-17)22(4,42)25(31,32)33)16-7-5-14(6-8-16)15(12-21(3,41)24(28,29)30)13-23(43,26(34,35)36)27(37,38)39;1-23(2,19-9-13-21(25)14-10-19)17-5-7-18(8-6-17)24(3,4)20-11-15-22(26)16-12-20/h5-11,13,40-43H,12H2,1-4H3;5-16,25-26H,1-4H3/b15-13+;.